The molecule has 1 aromatic rings. The minimum Gasteiger partial charge on any atom is -0.507 e. The number of rotatable bonds is 3. The molecular weight excluding hydrogens is 300 g/mol. The van der Waals surface area contributed by atoms with Crippen LogP contribution < -0.4 is 4.74 Å². The molecule has 3 nitrogen and oxygen atoms in total. The Balaban J connectivity index is 2.17. The number of allylic oxidation sites excluding steroid dienone is 3. The van der Waals surface area contributed by atoms with E-state index in [2.05, 4.69) is 26.5 Å². The van der Waals surface area contributed by atoms with Gasteiger partial charge in [-0.3, -0.25) is 0 Å². The van der Waals surface area contributed by atoms with Crippen LogP contribution in [0.15, 0.2) is 29.9 Å². The van der Waals surface area contributed by atoms with Crippen molar-refractivity contribution in [2.75, 3.05) is 6.61 Å². The monoisotopic (exact) mass is 328 g/mol. The Kier molecular flexibility index (Phi) is 4.62. The van der Waals surface area contributed by atoms with E-state index >= 15 is 0 Å². The van der Waals surface area contributed by atoms with Gasteiger partial charge in [0.05, 0.1) is 6.61 Å². The van der Waals surface area contributed by atoms with Gasteiger partial charge in [-0.25, -0.2) is 0 Å². The average Bonchev–Trinajstić information content (AvgIpc) is 2.53. The summed E-state index contributed by atoms with van der Waals surface area (Å²) in [4.78, 5) is 0. The van der Waals surface area contributed by atoms with Gasteiger partial charge in [0.2, 0.25) is 0 Å². The Hall–Kier alpha value is -1.90. The molecule has 3 heteroatoms. The van der Waals surface area contributed by atoms with Crippen LogP contribution in [0.2, 0.25) is 0 Å². The van der Waals surface area contributed by atoms with Gasteiger partial charge >= 0.3 is 0 Å². The first-order valence-electron chi connectivity index (χ1n) is 8.98. The maximum absolute atomic E-state index is 11.1. The quantitative estimate of drug-likeness (QED) is 0.731. The van der Waals surface area contributed by atoms with Crippen molar-refractivity contribution in [2.24, 2.45) is 5.92 Å². The van der Waals surface area contributed by atoms with Crippen molar-refractivity contribution < 1.29 is 14.9 Å². The van der Waals surface area contributed by atoms with Crippen molar-refractivity contribution in [1.29, 1.82) is 0 Å². The summed E-state index contributed by atoms with van der Waals surface area (Å²) in [5.41, 5.74) is 3.92. The maximum atomic E-state index is 11.1. The SMILES string of the molecule is C=C(C)[C@@H]1CCC(C)=C[C@H]1c1c(O)cc2c(c1O)[C@H](CC)CCO2. The number of benzene rings is 1. The fourth-order valence-corrected chi connectivity index (χ4v) is 4.28. The zero-order valence-corrected chi connectivity index (χ0v) is 14.9. The summed E-state index contributed by atoms with van der Waals surface area (Å²) in [6, 6.07) is 1.69. The molecule has 0 spiro atoms. The van der Waals surface area contributed by atoms with E-state index in [9.17, 15) is 10.2 Å². The van der Waals surface area contributed by atoms with E-state index in [1.165, 1.54) is 5.57 Å². The van der Waals surface area contributed by atoms with Crippen molar-refractivity contribution in [3.63, 3.8) is 0 Å². The van der Waals surface area contributed by atoms with Gasteiger partial charge in [0.15, 0.2) is 0 Å². The molecule has 1 aromatic carbocycles. The van der Waals surface area contributed by atoms with Crippen molar-refractivity contribution in [3.05, 3.63) is 41.0 Å². The molecule has 3 atom stereocenters. The van der Waals surface area contributed by atoms with E-state index in [0.717, 1.165) is 36.8 Å². The second-order valence-electron chi connectivity index (χ2n) is 7.34. The zero-order valence-electron chi connectivity index (χ0n) is 14.9. The van der Waals surface area contributed by atoms with Gasteiger partial charge in [-0.15, -0.1) is 0 Å². The van der Waals surface area contributed by atoms with Gasteiger partial charge in [-0.05, 0) is 51.4 Å². The lowest BCUT2D eigenvalue weighted by Crippen LogP contribution is -2.19. The Morgan fingerprint density at radius 2 is 2.04 bits per heavy atom. The van der Waals surface area contributed by atoms with Gasteiger partial charge in [0.1, 0.15) is 17.2 Å². The van der Waals surface area contributed by atoms with Crippen molar-refractivity contribution in [1.82, 2.24) is 0 Å². The third-order valence-corrected chi connectivity index (χ3v) is 5.66. The molecule has 0 aromatic heterocycles. The summed E-state index contributed by atoms with van der Waals surface area (Å²) in [5, 5.41) is 21.7. The molecule has 2 aliphatic rings. The number of phenolic OH excluding ortho intramolecular Hbond substituents is 2. The highest BCUT2D eigenvalue weighted by atomic mass is 16.5. The van der Waals surface area contributed by atoms with Crippen LogP contribution in [0.25, 0.3) is 0 Å². The van der Waals surface area contributed by atoms with Gasteiger partial charge in [0, 0.05) is 23.1 Å². The smallest absolute Gasteiger partial charge is 0.130 e. The van der Waals surface area contributed by atoms with E-state index in [0.29, 0.717) is 17.9 Å². The number of hydrogen-bond acceptors (Lipinski definition) is 3. The first-order valence-corrected chi connectivity index (χ1v) is 8.98. The maximum Gasteiger partial charge on any atom is 0.130 e. The van der Waals surface area contributed by atoms with Crippen LogP contribution in [-0.2, 0) is 0 Å². The minimum absolute atomic E-state index is 0.0269. The summed E-state index contributed by atoms with van der Waals surface area (Å²) >= 11 is 0. The van der Waals surface area contributed by atoms with Gasteiger partial charge < -0.3 is 14.9 Å². The van der Waals surface area contributed by atoms with E-state index in [1.54, 1.807) is 6.07 Å². The van der Waals surface area contributed by atoms with Crippen molar-refractivity contribution >= 4 is 0 Å². The molecule has 0 bridgehead atoms. The van der Waals surface area contributed by atoms with Crippen LogP contribution in [0.5, 0.6) is 17.2 Å². The standard InChI is InChI=1S/C21H28O3/c1-5-14-8-9-24-18-11-17(22)20(21(23)19(14)18)16-10-13(4)6-7-15(16)12(2)3/h10-11,14-16,22-23H,2,5-9H2,1,3-4H3/t14-,15+,16-/m1/s1. The molecular formula is C21H28O3. The third-order valence-electron chi connectivity index (χ3n) is 5.66. The molecule has 0 amide bonds. The first kappa shape index (κ1) is 16.9. The Morgan fingerprint density at radius 1 is 1.29 bits per heavy atom. The van der Waals surface area contributed by atoms with Crippen LogP contribution in [-0.4, -0.2) is 16.8 Å². The fraction of sp³-hybridized carbons (Fsp3) is 0.524. The molecule has 1 aliphatic heterocycles. The molecule has 0 radical (unpaired) electrons. The normalized spacial score (nSPS) is 26.3. The van der Waals surface area contributed by atoms with Crippen LogP contribution in [0, 0.1) is 5.92 Å². The Bertz CT molecular complexity index is 687. The number of aromatic hydroxyl groups is 2. The lowest BCUT2D eigenvalue weighted by Gasteiger charge is -2.34. The summed E-state index contributed by atoms with van der Waals surface area (Å²) in [6.45, 7) is 11.1. The number of fused-ring (bicyclic) bond motifs is 1. The predicted octanol–water partition coefficient (Wildman–Crippen LogP) is 5.39. The third kappa shape index (κ3) is 2.81. The van der Waals surface area contributed by atoms with Gasteiger partial charge in [-0.1, -0.05) is 30.7 Å². The fourth-order valence-electron chi connectivity index (χ4n) is 4.28. The minimum atomic E-state index is -0.0269. The molecule has 0 fully saturated rings. The molecule has 0 saturated heterocycles. The second kappa shape index (κ2) is 6.54. The summed E-state index contributed by atoms with van der Waals surface area (Å²) in [6.07, 6.45) is 6.10. The molecule has 1 heterocycles. The van der Waals surface area contributed by atoms with Crippen molar-refractivity contribution in [3.8, 4) is 17.2 Å². The highest BCUT2D eigenvalue weighted by molar-refractivity contribution is 5.61. The highest BCUT2D eigenvalue weighted by Gasteiger charge is 2.34. The zero-order chi connectivity index (χ0) is 17.4. The molecule has 1 aliphatic carbocycles. The summed E-state index contributed by atoms with van der Waals surface area (Å²) in [5.74, 6) is 1.48. The Labute approximate surface area is 144 Å². The second-order valence-corrected chi connectivity index (χ2v) is 7.34. The average molecular weight is 328 g/mol. The van der Waals surface area contributed by atoms with Gasteiger partial charge in [-0.2, -0.15) is 0 Å². The molecule has 24 heavy (non-hydrogen) atoms. The van der Waals surface area contributed by atoms with E-state index in [4.69, 9.17) is 4.74 Å². The molecule has 3 rings (SSSR count). The number of hydrogen-bond donors (Lipinski definition) is 2. The number of phenols is 2. The lowest BCUT2D eigenvalue weighted by atomic mass is 9.73. The van der Waals surface area contributed by atoms with E-state index in [1.807, 2.05) is 6.92 Å². The topological polar surface area (TPSA) is 49.7 Å². The number of ether oxygens (including phenoxy) is 1. The molecule has 130 valence electrons. The highest BCUT2D eigenvalue weighted by Crippen LogP contribution is 2.52. The lowest BCUT2D eigenvalue weighted by molar-refractivity contribution is 0.256. The van der Waals surface area contributed by atoms with Crippen molar-refractivity contribution in [2.45, 2.75) is 58.3 Å². The molecule has 2 N–H and O–H groups in total. The predicted molar refractivity (Wildman–Crippen MR) is 97.0 cm³/mol. The summed E-state index contributed by atoms with van der Waals surface area (Å²) < 4.78 is 5.70. The summed E-state index contributed by atoms with van der Waals surface area (Å²) in [7, 11) is 0. The van der Waals surface area contributed by atoms with Crippen LogP contribution in [0.4, 0.5) is 0 Å². The van der Waals surface area contributed by atoms with Crippen LogP contribution in [0.1, 0.15) is 69.4 Å². The van der Waals surface area contributed by atoms with Crippen LogP contribution >= 0.6 is 0 Å². The Morgan fingerprint density at radius 3 is 2.71 bits per heavy atom. The molecule has 0 saturated carbocycles. The van der Waals surface area contributed by atoms with E-state index < -0.39 is 0 Å². The van der Waals surface area contributed by atoms with Crippen LogP contribution in [0.3, 0.4) is 0 Å². The van der Waals surface area contributed by atoms with Gasteiger partial charge in [0.25, 0.3) is 0 Å². The van der Waals surface area contributed by atoms with E-state index in [-0.39, 0.29) is 29.3 Å². The largest absolute Gasteiger partial charge is 0.507 e. The molecule has 0 unspecified atom stereocenters. The first-order chi connectivity index (χ1) is 11.4.